The lowest BCUT2D eigenvalue weighted by atomic mass is 10.1. The molecule has 3 rings (SSSR count). The first-order valence-electron chi connectivity index (χ1n) is 6.96. The van der Waals surface area contributed by atoms with Crippen molar-refractivity contribution in [2.24, 2.45) is 0 Å². The summed E-state index contributed by atoms with van der Waals surface area (Å²) in [6.07, 6.45) is 2.05. The van der Waals surface area contributed by atoms with Crippen LogP contribution in [0.5, 0.6) is 0 Å². The highest BCUT2D eigenvalue weighted by atomic mass is 35.5. The van der Waals surface area contributed by atoms with E-state index in [1.807, 2.05) is 12.1 Å². The molecule has 0 aliphatic carbocycles. The van der Waals surface area contributed by atoms with Gasteiger partial charge in [-0.15, -0.1) is 12.4 Å². The maximum atomic E-state index is 12.1. The standard InChI is InChI=1S/C15H16ClN3O2.ClH/c16-11-4-1-3-10(7-11)14-8-13(19-21-14)15(20)18-12-5-2-6-17-9-12;/h1,3-4,7-8,12,17H,2,5-6,9H2,(H,18,20);1H. The van der Waals surface area contributed by atoms with Crippen molar-refractivity contribution in [1.82, 2.24) is 15.8 Å². The number of hydrogen-bond acceptors (Lipinski definition) is 4. The predicted octanol–water partition coefficient (Wildman–Crippen LogP) is 2.90. The van der Waals surface area contributed by atoms with E-state index in [0.717, 1.165) is 31.5 Å². The van der Waals surface area contributed by atoms with Crippen LogP contribution in [0.3, 0.4) is 0 Å². The summed E-state index contributed by atoms with van der Waals surface area (Å²) in [4.78, 5) is 12.1. The van der Waals surface area contributed by atoms with Crippen LogP contribution < -0.4 is 10.6 Å². The molecule has 1 aromatic heterocycles. The van der Waals surface area contributed by atoms with Crippen molar-refractivity contribution in [2.45, 2.75) is 18.9 Å². The zero-order valence-corrected chi connectivity index (χ0v) is 13.4. The Hall–Kier alpha value is -1.56. The van der Waals surface area contributed by atoms with Crippen molar-refractivity contribution in [3.63, 3.8) is 0 Å². The second-order valence-electron chi connectivity index (χ2n) is 5.10. The molecule has 1 saturated heterocycles. The number of nitrogens with one attached hydrogen (secondary N) is 2. The Bertz CT molecular complexity index is 639. The van der Waals surface area contributed by atoms with Crippen LogP contribution in [-0.4, -0.2) is 30.2 Å². The fraction of sp³-hybridized carbons (Fsp3) is 0.333. The van der Waals surface area contributed by atoms with Crippen molar-refractivity contribution < 1.29 is 9.32 Å². The van der Waals surface area contributed by atoms with Crippen LogP contribution in [0.15, 0.2) is 34.9 Å². The molecule has 1 aliphatic heterocycles. The summed E-state index contributed by atoms with van der Waals surface area (Å²) in [5.41, 5.74) is 1.09. The third kappa shape index (κ3) is 4.00. The van der Waals surface area contributed by atoms with Gasteiger partial charge < -0.3 is 15.2 Å². The third-order valence-electron chi connectivity index (χ3n) is 3.48. The van der Waals surface area contributed by atoms with E-state index in [9.17, 15) is 4.79 Å². The number of carbonyl (C=O) groups is 1. The number of piperidine rings is 1. The second-order valence-corrected chi connectivity index (χ2v) is 5.54. The van der Waals surface area contributed by atoms with Crippen LogP contribution in [0.25, 0.3) is 11.3 Å². The van der Waals surface area contributed by atoms with Crippen molar-refractivity contribution >= 4 is 29.9 Å². The highest BCUT2D eigenvalue weighted by Crippen LogP contribution is 2.23. The summed E-state index contributed by atoms with van der Waals surface area (Å²) in [5, 5.41) is 10.7. The first-order valence-corrected chi connectivity index (χ1v) is 7.34. The first-order chi connectivity index (χ1) is 10.2. The Kier molecular flexibility index (Phi) is 5.83. The quantitative estimate of drug-likeness (QED) is 0.900. The molecule has 1 aliphatic rings. The molecule has 118 valence electrons. The zero-order chi connectivity index (χ0) is 14.7. The van der Waals surface area contributed by atoms with Crippen LogP contribution in [0.1, 0.15) is 23.3 Å². The normalized spacial score (nSPS) is 17.6. The maximum Gasteiger partial charge on any atom is 0.273 e. The SMILES string of the molecule is Cl.O=C(NC1CCCNC1)c1cc(-c2cccc(Cl)c2)on1. The molecule has 5 nitrogen and oxygen atoms in total. The minimum atomic E-state index is -0.208. The summed E-state index contributed by atoms with van der Waals surface area (Å²) >= 11 is 5.94. The van der Waals surface area contributed by atoms with Crippen LogP contribution in [0.2, 0.25) is 5.02 Å². The zero-order valence-electron chi connectivity index (χ0n) is 11.8. The lowest BCUT2D eigenvalue weighted by molar-refractivity contribution is 0.0921. The van der Waals surface area contributed by atoms with Gasteiger partial charge in [0.05, 0.1) is 0 Å². The van der Waals surface area contributed by atoms with Gasteiger partial charge in [-0.25, -0.2) is 0 Å². The Balaban J connectivity index is 0.00000176. The van der Waals surface area contributed by atoms with E-state index in [1.165, 1.54) is 0 Å². The highest BCUT2D eigenvalue weighted by Gasteiger charge is 2.19. The summed E-state index contributed by atoms with van der Waals surface area (Å²) < 4.78 is 5.23. The average molecular weight is 342 g/mol. The van der Waals surface area contributed by atoms with Gasteiger partial charge in [-0.05, 0) is 31.5 Å². The lowest BCUT2D eigenvalue weighted by Gasteiger charge is -2.23. The molecule has 0 saturated carbocycles. The molecule has 0 bridgehead atoms. The van der Waals surface area contributed by atoms with Crippen molar-refractivity contribution in [1.29, 1.82) is 0 Å². The average Bonchev–Trinajstić information content (AvgIpc) is 2.98. The van der Waals surface area contributed by atoms with Gasteiger partial charge in [0.25, 0.3) is 5.91 Å². The molecule has 0 spiro atoms. The molecule has 22 heavy (non-hydrogen) atoms. The van der Waals surface area contributed by atoms with E-state index in [4.69, 9.17) is 16.1 Å². The van der Waals surface area contributed by atoms with Crippen molar-refractivity contribution in [2.75, 3.05) is 13.1 Å². The van der Waals surface area contributed by atoms with Gasteiger partial charge in [0.1, 0.15) is 0 Å². The molecule has 2 heterocycles. The predicted molar refractivity (Wildman–Crippen MR) is 87.6 cm³/mol. The van der Waals surface area contributed by atoms with E-state index in [0.29, 0.717) is 10.8 Å². The van der Waals surface area contributed by atoms with Crippen molar-refractivity contribution in [3.8, 4) is 11.3 Å². The summed E-state index contributed by atoms with van der Waals surface area (Å²) in [5.74, 6) is 0.324. The summed E-state index contributed by atoms with van der Waals surface area (Å²) in [6.45, 7) is 1.81. The number of carbonyl (C=O) groups excluding carboxylic acids is 1. The minimum Gasteiger partial charge on any atom is -0.355 e. The van der Waals surface area contributed by atoms with E-state index >= 15 is 0 Å². The number of benzene rings is 1. The largest absolute Gasteiger partial charge is 0.355 e. The monoisotopic (exact) mass is 341 g/mol. The number of amides is 1. The number of rotatable bonds is 3. The van der Waals surface area contributed by atoms with Crippen LogP contribution >= 0.6 is 24.0 Å². The minimum absolute atomic E-state index is 0. The molecular weight excluding hydrogens is 325 g/mol. The smallest absolute Gasteiger partial charge is 0.273 e. The Morgan fingerprint density at radius 2 is 2.27 bits per heavy atom. The number of hydrogen-bond donors (Lipinski definition) is 2. The van der Waals surface area contributed by atoms with Crippen LogP contribution in [0.4, 0.5) is 0 Å². The molecule has 1 unspecified atom stereocenters. The molecular formula is C15H17Cl2N3O2. The Morgan fingerprint density at radius 1 is 1.41 bits per heavy atom. The second kappa shape index (κ2) is 7.63. The van der Waals surface area contributed by atoms with Crippen molar-refractivity contribution in [3.05, 3.63) is 41.0 Å². The molecule has 1 fully saturated rings. The molecule has 1 amide bonds. The summed E-state index contributed by atoms with van der Waals surface area (Å²) in [6, 6.07) is 9.03. The van der Waals surface area contributed by atoms with Crippen LogP contribution in [0, 0.1) is 0 Å². The topological polar surface area (TPSA) is 67.2 Å². The highest BCUT2D eigenvalue weighted by molar-refractivity contribution is 6.30. The lowest BCUT2D eigenvalue weighted by Crippen LogP contribution is -2.45. The van der Waals surface area contributed by atoms with Gasteiger partial charge >= 0.3 is 0 Å². The van der Waals surface area contributed by atoms with Gasteiger partial charge in [0, 0.05) is 29.2 Å². The maximum absolute atomic E-state index is 12.1. The number of nitrogens with zero attached hydrogens (tertiary/aromatic N) is 1. The molecule has 2 aromatic rings. The Labute approximate surface area is 139 Å². The fourth-order valence-corrected chi connectivity index (χ4v) is 2.58. The molecule has 1 aromatic carbocycles. The molecule has 0 radical (unpaired) electrons. The van der Waals surface area contributed by atoms with Gasteiger partial charge in [-0.2, -0.15) is 0 Å². The van der Waals surface area contributed by atoms with E-state index in [1.54, 1.807) is 18.2 Å². The fourth-order valence-electron chi connectivity index (χ4n) is 2.39. The van der Waals surface area contributed by atoms with Gasteiger partial charge in [-0.1, -0.05) is 28.9 Å². The van der Waals surface area contributed by atoms with Crippen LogP contribution in [-0.2, 0) is 0 Å². The molecule has 7 heteroatoms. The van der Waals surface area contributed by atoms with Gasteiger partial charge in [0.2, 0.25) is 0 Å². The van der Waals surface area contributed by atoms with Gasteiger partial charge in [0.15, 0.2) is 11.5 Å². The van der Waals surface area contributed by atoms with E-state index in [2.05, 4.69) is 15.8 Å². The molecule has 2 N–H and O–H groups in total. The first kappa shape index (κ1) is 16.8. The Morgan fingerprint density at radius 3 is 3.00 bits per heavy atom. The molecule has 1 atom stereocenters. The van der Waals surface area contributed by atoms with E-state index < -0.39 is 0 Å². The number of aromatic nitrogens is 1. The summed E-state index contributed by atoms with van der Waals surface area (Å²) in [7, 11) is 0. The number of halogens is 2. The van der Waals surface area contributed by atoms with E-state index in [-0.39, 0.29) is 30.0 Å². The van der Waals surface area contributed by atoms with Gasteiger partial charge in [-0.3, -0.25) is 4.79 Å². The third-order valence-corrected chi connectivity index (χ3v) is 3.72.